The van der Waals surface area contributed by atoms with Gasteiger partial charge in [0.2, 0.25) is 5.91 Å². The summed E-state index contributed by atoms with van der Waals surface area (Å²) in [7, 11) is 0. The summed E-state index contributed by atoms with van der Waals surface area (Å²) in [5.41, 5.74) is 10.8. The highest BCUT2D eigenvalue weighted by Crippen LogP contribution is 2.30. The van der Waals surface area contributed by atoms with Crippen LogP contribution in [-0.2, 0) is 17.8 Å². The van der Waals surface area contributed by atoms with Gasteiger partial charge in [0.15, 0.2) is 0 Å². The number of carbonyl (C=O) groups is 1. The van der Waals surface area contributed by atoms with E-state index in [2.05, 4.69) is 11.1 Å². The second-order valence-corrected chi connectivity index (χ2v) is 5.24. The van der Waals surface area contributed by atoms with Crippen molar-refractivity contribution in [1.29, 1.82) is 0 Å². The highest BCUT2D eigenvalue weighted by molar-refractivity contribution is 5.96. The van der Waals surface area contributed by atoms with Crippen LogP contribution in [0.25, 0.3) is 0 Å². The first kappa shape index (κ1) is 12.7. The molecule has 3 rings (SSSR count). The first-order valence-electron chi connectivity index (χ1n) is 6.73. The molecule has 1 amide bonds. The highest BCUT2D eigenvalue weighted by atomic mass is 16.2. The Hall–Kier alpha value is -2.36. The maximum absolute atomic E-state index is 12.2. The summed E-state index contributed by atoms with van der Waals surface area (Å²) in [6.07, 6.45) is 4.93. The van der Waals surface area contributed by atoms with E-state index in [1.165, 1.54) is 0 Å². The van der Waals surface area contributed by atoms with Gasteiger partial charge in [-0.3, -0.25) is 9.78 Å². The smallest absolute Gasteiger partial charge is 0.227 e. The number of nitrogen functional groups attached to an aromatic ring is 1. The number of carbonyl (C=O) groups excluding carboxylic acids is 1. The molecule has 0 bridgehead atoms. The zero-order valence-corrected chi connectivity index (χ0v) is 11.5. The molecule has 4 nitrogen and oxygen atoms in total. The first-order chi connectivity index (χ1) is 9.63. The third kappa shape index (κ3) is 2.37. The van der Waals surface area contributed by atoms with Gasteiger partial charge in [0.05, 0.1) is 6.54 Å². The number of aryl methyl sites for hydroxylation is 2. The van der Waals surface area contributed by atoms with Gasteiger partial charge in [0.1, 0.15) is 0 Å². The highest BCUT2D eigenvalue weighted by Gasteiger charge is 2.24. The lowest BCUT2D eigenvalue weighted by atomic mass is 10.00. The van der Waals surface area contributed by atoms with Gasteiger partial charge in [-0.2, -0.15) is 0 Å². The number of rotatable bonds is 2. The fourth-order valence-electron chi connectivity index (χ4n) is 2.64. The van der Waals surface area contributed by atoms with Crippen molar-refractivity contribution in [2.24, 2.45) is 0 Å². The van der Waals surface area contributed by atoms with E-state index in [4.69, 9.17) is 5.73 Å². The van der Waals surface area contributed by atoms with Gasteiger partial charge in [-0.25, -0.2) is 0 Å². The van der Waals surface area contributed by atoms with Gasteiger partial charge in [-0.1, -0.05) is 6.07 Å². The van der Waals surface area contributed by atoms with Crippen molar-refractivity contribution < 1.29 is 4.79 Å². The van der Waals surface area contributed by atoms with Crippen LogP contribution in [0.5, 0.6) is 0 Å². The number of hydrogen-bond acceptors (Lipinski definition) is 3. The molecule has 0 saturated carbocycles. The third-order valence-corrected chi connectivity index (χ3v) is 3.58. The lowest BCUT2D eigenvalue weighted by molar-refractivity contribution is -0.119. The molecule has 0 atom stereocenters. The molecule has 2 N–H and O–H groups in total. The van der Waals surface area contributed by atoms with E-state index in [0.29, 0.717) is 13.0 Å². The Kier molecular flexibility index (Phi) is 3.14. The SMILES string of the molecule is Cc1cncc(CN2C(=O)CCc3cc(N)ccc32)c1. The van der Waals surface area contributed by atoms with Crippen molar-refractivity contribution >= 4 is 17.3 Å². The number of pyridine rings is 1. The molecule has 4 heteroatoms. The molecule has 1 aliphatic heterocycles. The first-order valence-corrected chi connectivity index (χ1v) is 6.73. The molecule has 0 unspecified atom stereocenters. The zero-order valence-electron chi connectivity index (χ0n) is 11.5. The molecule has 0 saturated heterocycles. The standard InChI is InChI=1S/C16H17N3O/c1-11-6-12(9-18-8-11)10-19-15-4-3-14(17)7-13(15)2-5-16(19)20/h3-4,6-9H,2,5,10,17H2,1H3. The molecule has 1 aromatic heterocycles. The number of nitrogens with two attached hydrogens (primary N) is 1. The Morgan fingerprint density at radius 1 is 1.25 bits per heavy atom. The van der Waals surface area contributed by atoms with Crippen LogP contribution < -0.4 is 10.6 Å². The maximum Gasteiger partial charge on any atom is 0.227 e. The number of aromatic nitrogens is 1. The van der Waals surface area contributed by atoms with E-state index in [9.17, 15) is 4.79 Å². The number of nitrogens with zero attached hydrogens (tertiary/aromatic N) is 2. The van der Waals surface area contributed by atoms with Gasteiger partial charge in [0, 0.05) is 30.2 Å². The molecule has 2 heterocycles. The van der Waals surface area contributed by atoms with Gasteiger partial charge < -0.3 is 10.6 Å². The molecule has 20 heavy (non-hydrogen) atoms. The van der Waals surface area contributed by atoms with Crippen molar-refractivity contribution in [2.45, 2.75) is 26.3 Å². The minimum absolute atomic E-state index is 0.156. The number of anilines is 2. The molecule has 1 aliphatic rings. The fraction of sp³-hybridized carbons (Fsp3) is 0.250. The van der Waals surface area contributed by atoms with E-state index in [1.54, 1.807) is 0 Å². The molecule has 1 aromatic carbocycles. The second kappa shape index (κ2) is 4.96. The second-order valence-electron chi connectivity index (χ2n) is 5.24. The monoisotopic (exact) mass is 267 g/mol. The Labute approximate surface area is 118 Å². The average molecular weight is 267 g/mol. The van der Waals surface area contributed by atoms with Crippen molar-refractivity contribution in [3.05, 3.63) is 53.3 Å². The van der Waals surface area contributed by atoms with Crippen LogP contribution in [0.3, 0.4) is 0 Å². The molecule has 0 fully saturated rings. The van der Waals surface area contributed by atoms with Crippen LogP contribution in [0.4, 0.5) is 11.4 Å². The minimum atomic E-state index is 0.156. The molecule has 0 aliphatic carbocycles. The van der Waals surface area contributed by atoms with Crippen molar-refractivity contribution in [1.82, 2.24) is 4.98 Å². The molecular weight excluding hydrogens is 250 g/mol. The van der Waals surface area contributed by atoms with Crippen LogP contribution in [-0.4, -0.2) is 10.9 Å². The Morgan fingerprint density at radius 3 is 2.90 bits per heavy atom. The van der Waals surface area contributed by atoms with E-state index in [0.717, 1.165) is 34.5 Å². The van der Waals surface area contributed by atoms with Crippen LogP contribution in [0.15, 0.2) is 36.7 Å². The predicted octanol–water partition coefficient (Wildman–Crippen LogP) is 2.45. The van der Waals surface area contributed by atoms with E-state index in [-0.39, 0.29) is 5.91 Å². The van der Waals surface area contributed by atoms with Crippen LogP contribution in [0, 0.1) is 6.92 Å². The average Bonchev–Trinajstić information content (AvgIpc) is 2.42. The number of amides is 1. The van der Waals surface area contributed by atoms with E-state index in [1.807, 2.05) is 42.4 Å². The summed E-state index contributed by atoms with van der Waals surface area (Å²) in [5.74, 6) is 0.156. The zero-order chi connectivity index (χ0) is 14.1. The summed E-state index contributed by atoms with van der Waals surface area (Å²) >= 11 is 0. The van der Waals surface area contributed by atoms with Gasteiger partial charge in [0.25, 0.3) is 0 Å². The largest absolute Gasteiger partial charge is 0.399 e. The molecular formula is C16H17N3O. The lowest BCUT2D eigenvalue weighted by Gasteiger charge is -2.29. The van der Waals surface area contributed by atoms with Crippen LogP contribution in [0.2, 0.25) is 0 Å². The summed E-state index contributed by atoms with van der Waals surface area (Å²) in [6.45, 7) is 2.56. The Bertz CT molecular complexity index is 667. The maximum atomic E-state index is 12.2. The van der Waals surface area contributed by atoms with E-state index >= 15 is 0 Å². The fourth-order valence-corrected chi connectivity index (χ4v) is 2.64. The summed E-state index contributed by atoms with van der Waals surface area (Å²) in [5, 5.41) is 0. The summed E-state index contributed by atoms with van der Waals surface area (Å²) < 4.78 is 0. The normalized spacial score (nSPS) is 14.2. The summed E-state index contributed by atoms with van der Waals surface area (Å²) in [4.78, 5) is 18.2. The topological polar surface area (TPSA) is 59.2 Å². The number of fused-ring (bicyclic) bond motifs is 1. The molecule has 2 aromatic rings. The van der Waals surface area contributed by atoms with Crippen LogP contribution >= 0.6 is 0 Å². The van der Waals surface area contributed by atoms with Crippen molar-refractivity contribution in [3.63, 3.8) is 0 Å². The minimum Gasteiger partial charge on any atom is -0.399 e. The Morgan fingerprint density at radius 2 is 2.10 bits per heavy atom. The molecule has 102 valence electrons. The van der Waals surface area contributed by atoms with Gasteiger partial charge in [-0.05, 0) is 48.2 Å². The Balaban J connectivity index is 1.95. The quantitative estimate of drug-likeness (QED) is 0.850. The molecule has 0 spiro atoms. The van der Waals surface area contributed by atoms with Gasteiger partial charge >= 0.3 is 0 Å². The number of benzene rings is 1. The van der Waals surface area contributed by atoms with Crippen molar-refractivity contribution in [3.8, 4) is 0 Å². The van der Waals surface area contributed by atoms with Gasteiger partial charge in [-0.15, -0.1) is 0 Å². The van der Waals surface area contributed by atoms with E-state index < -0.39 is 0 Å². The third-order valence-electron chi connectivity index (χ3n) is 3.58. The number of hydrogen-bond donors (Lipinski definition) is 1. The lowest BCUT2D eigenvalue weighted by Crippen LogP contribution is -2.34. The predicted molar refractivity (Wildman–Crippen MR) is 79.3 cm³/mol. The summed E-state index contributed by atoms with van der Waals surface area (Å²) in [6, 6.07) is 7.80. The van der Waals surface area contributed by atoms with Crippen LogP contribution in [0.1, 0.15) is 23.1 Å². The molecule has 0 radical (unpaired) electrons. The van der Waals surface area contributed by atoms with Crippen molar-refractivity contribution in [2.75, 3.05) is 10.6 Å².